The summed E-state index contributed by atoms with van der Waals surface area (Å²) in [6.45, 7) is 7.50. The summed E-state index contributed by atoms with van der Waals surface area (Å²) in [6.07, 6.45) is 1.01. The Hall–Kier alpha value is -1.40. The van der Waals surface area contributed by atoms with Gasteiger partial charge in [0.15, 0.2) is 0 Å². The van der Waals surface area contributed by atoms with Crippen molar-refractivity contribution < 1.29 is 9.47 Å². The van der Waals surface area contributed by atoms with Crippen molar-refractivity contribution in [3.63, 3.8) is 0 Å². The second-order valence-electron chi connectivity index (χ2n) is 3.65. The molecule has 0 fully saturated rings. The molecule has 1 aromatic heterocycles. The minimum absolute atomic E-state index is 0.474. The number of nitrogen functional groups attached to an aromatic ring is 1. The van der Waals surface area contributed by atoms with Gasteiger partial charge in [0, 0.05) is 6.61 Å². The van der Waals surface area contributed by atoms with Gasteiger partial charge in [-0.05, 0) is 20.3 Å². The first kappa shape index (κ1) is 13.7. The van der Waals surface area contributed by atoms with Crippen molar-refractivity contribution >= 4 is 5.82 Å². The Kier molecular flexibility index (Phi) is 5.65. The number of ether oxygens (including phenoxy) is 2. The van der Waals surface area contributed by atoms with Crippen LogP contribution in [0.1, 0.15) is 24.7 Å². The lowest BCUT2D eigenvalue weighted by atomic mass is 10.3. The number of rotatable bonds is 7. The fourth-order valence-electron chi connectivity index (χ4n) is 1.33. The Labute approximate surface area is 102 Å². The van der Waals surface area contributed by atoms with Gasteiger partial charge in [0.2, 0.25) is 5.88 Å². The molecule has 0 saturated heterocycles. The number of nitrogens with two attached hydrogens (primary N) is 1. The van der Waals surface area contributed by atoms with Crippen LogP contribution < -0.4 is 16.0 Å². The molecule has 0 unspecified atom stereocenters. The smallest absolute Gasteiger partial charge is 0.221 e. The van der Waals surface area contributed by atoms with Crippen LogP contribution in [0.2, 0.25) is 0 Å². The molecule has 3 N–H and O–H groups in total. The minimum Gasteiger partial charge on any atom is -0.475 e. The third kappa shape index (κ3) is 4.16. The van der Waals surface area contributed by atoms with Crippen molar-refractivity contribution in [1.82, 2.24) is 9.97 Å². The Morgan fingerprint density at radius 2 is 1.94 bits per heavy atom. The van der Waals surface area contributed by atoms with Gasteiger partial charge in [0.1, 0.15) is 18.2 Å². The van der Waals surface area contributed by atoms with Gasteiger partial charge in [0.05, 0.1) is 12.2 Å². The fraction of sp³-hybridized carbons (Fsp3) is 0.636. The first-order valence-electron chi connectivity index (χ1n) is 5.71. The molecular formula is C11H20N4O2. The number of hydrazine groups is 1. The lowest BCUT2D eigenvalue weighted by molar-refractivity contribution is 0.0986. The van der Waals surface area contributed by atoms with Gasteiger partial charge in [-0.15, -0.1) is 0 Å². The van der Waals surface area contributed by atoms with E-state index < -0.39 is 0 Å². The average Bonchev–Trinajstić information content (AvgIpc) is 2.32. The van der Waals surface area contributed by atoms with Crippen molar-refractivity contribution in [1.29, 1.82) is 0 Å². The van der Waals surface area contributed by atoms with Crippen molar-refractivity contribution in [2.45, 2.75) is 27.2 Å². The van der Waals surface area contributed by atoms with Crippen molar-refractivity contribution in [3.8, 4) is 5.88 Å². The molecule has 0 bridgehead atoms. The molecule has 0 aliphatic rings. The topological polar surface area (TPSA) is 82.3 Å². The molecule has 6 heteroatoms. The second kappa shape index (κ2) is 7.03. The van der Waals surface area contributed by atoms with Crippen LogP contribution in [0, 0.1) is 13.8 Å². The highest BCUT2D eigenvalue weighted by Gasteiger charge is 2.09. The van der Waals surface area contributed by atoms with E-state index in [0.717, 1.165) is 18.6 Å². The molecule has 0 aliphatic heterocycles. The molecule has 1 aromatic rings. The number of anilines is 1. The molecule has 6 nitrogen and oxygen atoms in total. The van der Waals surface area contributed by atoms with Crippen LogP contribution in [0.25, 0.3) is 0 Å². The van der Waals surface area contributed by atoms with E-state index >= 15 is 0 Å². The molecule has 96 valence electrons. The predicted octanol–water partition coefficient (Wildman–Crippen LogP) is 1.18. The summed E-state index contributed by atoms with van der Waals surface area (Å²) >= 11 is 0. The number of aryl methyl sites for hydroxylation is 1. The number of aromatic nitrogens is 2. The van der Waals surface area contributed by atoms with Crippen molar-refractivity contribution in [2.24, 2.45) is 5.84 Å². The van der Waals surface area contributed by atoms with E-state index in [0.29, 0.717) is 30.7 Å². The summed E-state index contributed by atoms with van der Waals surface area (Å²) in [5.41, 5.74) is 3.32. The number of nitrogens with one attached hydrogen (secondary N) is 1. The van der Waals surface area contributed by atoms with E-state index in [4.69, 9.17) is 15.3 Å². The molecular weight excluding hydrogens is 220 g/mol. The van der Waals surface area contributed by atoms with E-state index in [1.54, 1.807) is 6.92 Å². The zero-order chi connectivity index (χ0) is 12.7. The third-order valence-electron chi connectivity index (χ3n) is 2.16. The molecule has 1 heterocycles. The summed E-state index contributed by atoms with van der Waals surface area (Å²) < 4.78 is 10.9. The van der Waals surface area contributed by atoms with E-state index in [2.05, 4.69) is 22.3 Å². The molecule has 0 aromatic carbocycles. The van der Waals surface area contributed by atoms with Crippen LogP contribution in [0.5, 0.6) is 5.88 Å². The Morgan fingerprint density at radius 3 is 2.59 bits per heavy atom. The first-order valence-corrected chi connectivity index (χ1v) is 5.71. The zero-order valence-electron chi connectivity index (χ0n) is 10.6. The molecule has 0 amide bonds. The lowest BCUT2D eigenvalue weighted by Crippen LogP contribution is -2.14. The molecule has 17 heavy (non-hydrogen) atoms. The molecule has 0 radical (unpaired) electrons. The maximum Gasteiger partial charge on any atom is 0.221 e. The Bertz CT molecular complexity index is 358. The number of nitrogens with zero attached hydrogens (tertiary/aromatic N) is 2. The lowest BCUT2D eigenvalue weighted by Gasteiger charge is -2.11. The molecule has 0 spiro atoms. The summed E-state index contributed by atoms with van der Waals surface area (Å²) in [7, 11) is 0. The van der Waals surface area contributed by atoms with E-state index in [-0.39, 0.29) is 0 Å². The van der Waals surface area contributed by atoms with Crippen LogP contribution in [-0.4, -0.2) is 29.8 Å². The standard InChI is InChI=1S/C11H20N4O2/c1-4-5-16-6-7-17-11-8(2)10(15-12)13-9(3)14-11/h4-7,12H2,1-3H3,(H,13,14,15). The van der Waals surface area contributed by atoms with Gasteiger partial charge >= 0.3 is 0 Å². The monoisotopic (exact) mass is 240 g/mol. The van der Waals surface area contributed by atoms with Crippen LogP contribution in [0.3, 0.4) is 0 Å². The summed E-state index contributed by atoms with van der Waals surface area (Å²) in [6, 6.07) is 0. The Balaban J connectivity index is 2.55. The largest absolute Gasteiger partial charge is 0.475 e. The van der Waals surface area contributed by atoms with Gasteiger partial charge < -0.3 is 14.9 Å². The fourth-order valence-corrected chi connectivity index (χ4v) is 1.33. The molecule has 0 saturated carbocycles. The van der Waals surface area contributed by atoms with Crippen LogP contribution in [0.15, 0.2) is 0 Å². The van der Waals surface area contributed by atoms with Crippen molar-refractivity contribution in [3.05, 3.63) is 11.4 Å². The van der Waals surface area contributed by atoms with Crippen LogP contribution in [-0.2, 0) is 4.74 Å². The quantitative estimate of drug-likeness (QED) is 0.423. The van der Waals surface area contributed by atoms with Gasteiger partial charge in [0.25, 0.3) is 0 Å². The van der Waals surface area contributed by atoms with E-state index in [1.165, 1.54) is 0 Å². The average molecular weight is 240 g/mol. The highest BCUT2D eigenvalue weighted by Crippen LogP contribution is 2.20. The third-order valence-corrected chi connectivity index (χ3v) is 2.16. The maximum atomic E-state index is 5.54. The van der Waals surface area contributed by atoms with Gasteiger partial charge in [-0.3, -0.25) is 0 Å². The zero-order valence-corrected chi connectivity index (χ0v) is 10.6. The summed E-state index contributed by atoms with van der Waals surface area (Å²) in [5, 5.41) is 0. The number of hydrogen-bond donors (Lipinski definition) is 2. The van der Waals surface area contributed by atoms with Crippen LogP contribution >= 0.6 is 0 Å². The normalized spacial score (nSPS) is 10.4. The summed E-state index contributed by atoms with van der Waals surface area (Å²) in [4.78, 5) is 8.37. The molecule has 1 rings (SSSR count). The highest BCUT2D eigenvalue weighted by molar-refractivity contribution is 5.47. The van der Waals surface area contributed by atoms with Gasteiger partial charge in [-0.1, -0.05) is 6.92 Å². The molecule has 0 atom stereocenters. The predicted molar refractivity (Wildman–Crippen MR) is 65.9 cm³/mol. The van der Waals surface area contributed by atoms with E-state index in [1.807, 2.05) is 6.92 Å². The maximum absolute atomic E-state index is 5.54. The first-order chi connectivity index (χ1) is 8.19. The number of hydrogen-bond acceptors (Lipinski definition) is 6. The Morgan fingerprint density at radius 1 is 1.18 bits per heavy atom. The molecule has 0 aliphatic carbocycles. The van der Waals surface area contributed by atoms with Crippen molar-refractivity contribution in [2.75, 3.05) is 25.2 Å². The second-order valence-corrected chi connectivity index (χ2v) is 3.65. The SMILES string of the molecule is CCCOCCOc1nc(C)nc(NN)c1C. The summed E-state index contributed by atoms with van der Waals surface area (Å²) in [5.74, 6) is 7.11. The highest BCUT2D eigenvalue weighted by atomic mass is 16.5. The van der Waals surface area contributed by atoms with E-state index in [9.17, 15) is 0 Å². The van der Waals surface area contributed by atoms with Gasteiger partial charge in [-0.2, -0.15) is 4.98 Å². The minimum atomic E-state index is 0.474. The van der Waals surface area contributed by atoms with Crippen LogP contribution in [0.4, 0.5) is 5.82 Å². The van der Waals surface area contributed by atoms with Gasteiger partial charge in [-0.25, -0.2) is 10.8 Å².